The minimum absolute atomic E-state index is 0.00243. The van der Waals surface area contributed by atoms with E-state index in [4.69, 9.17) is 0 Å². The second kappa shape index (κ2) is 10.2. The first kappa shape index (κ1) is 19.5. The molecule has 3 N–H and O–H groups in total. The molecule has 0 aliphatic heterocycles. The van der Waals surface area contributed by atoms with E-state index in [0.29, 0.717) is 12.6 Å². The van der Waals surface area contributed by atoms with Crippen molar-refractivity contribution in [2.24, 2.45) is 4.99 Å². The van der Waals surface area contributed by atoms with Crippen LogP contribution in [0.3, 0.4) is 0 Å². The van der Waals surface area contributed by atoms with Crippen LogP contribution < -0.4 is 16.0 Å². The first-order valence-corrected chi connectivity index (χ1v) is 10.1. The summed E-state index contributed by atoms with van der Waals surface area (Å²) in [6, 6.07) is 8.37. The van der Waals surface area contributed by atoms with Gasteiger partial charge < -0.3 is 16.0 Å². The largest absolute Gasteiger partial charge is 0.356 e. The van der Waals surface area contributed by atoms with Crippen molar-refractivity contribution in [3.63, 3.8) is 0 Å². The minimum Gasteiger partial charge on any atom is -0.356 e. The van der Waals surface area contributed by atoms with E-state index in [1.807, 2.05) is 28.8 Å². The lowest BCUT2D eigenvalue weighted by atomic mass is 10.2. The van der Waals surface area contributed by atoms with E-state index in [-0.39, 0.29) is 5.91 Å². The predicted molar refractivity (Wildman–Crippen MR) is 108 cm³/mol. The van der Waals surface area contributed by atoms with Gasteiger partial charge in [0.25, 0.3) is 5.91 Å². The number of carbonyl (C=O) groups excluding carboxylic acids is 1. The smallest absolute Gasteiger partial charge is 0.261 e. The molecule has 2 rings (SSSR count). The van der Waals surface area contributed by atoms with Crippen LogP contribution in [0.1, 0.15) is 32.8 Å². The maximum absolute atomic E-state index is 11.8. The van der Waals surface area contributed by atoms with Crippen molar-refractivity contribution >= 4 is 34.5 Å². The average Bonchev–Trinajstić information content (AvgIpc) is 3.25. The lowest BCUT2D eigenvalue weighted by Gasteiger charge is -2.17. The van der Waals surface area contributed by atoms with Gasteiger partial charge in [-0.1, -0.05) is 6.07 Å². The van der Waals surface area contributed by atoms with Gasteiger partial charge in [-0.3, -0.25) is 9.79 Å². The number of carbonyl (C=O) groups is 1. The fourth-order valence-electron chi connectivity index (χ4n) is 2.37. The van der Waals surface area contributed by atoms with Crippen LogP contribution in [0.4, 0.5) is 0 Å². The van der Waals surface area contributed by atoms with Crippen LogP contribution in [0.2, 0.25) is 0 Å². The second-order valence-electron chi connectivity index (χ2n) is 5.85. The van der Waals surface area contributed by atoms with Gasteiger partial charge in [-0.05, 0) is 43.8 Å². The Morgan fingerprint density at radius 2 is 2.04 bits per heavy atom. The molecule has 2 aromatic heterocycles. The Bertz CT molecular complexity index is 679. The van der Waals surface area contributed by atoms with Gasteiger partial charge >= 0.3 is 0 Å². The number of hydrogen-bond acceptors (Lipinski definition) is 4. The molecule has 2 heterocycles. The number of amides is 1. The highest BCUT2D eigenvalue weighted by Gasteiger charge is 2.08. The van der Waals surface area contributed by atoms with E-state index in [1.54, 1.807) is 7.05 Å². The summed E-state index contributed by atoms with van der Waals surface area (Å²) in [5.74, 6) is 0.794. The zero-order valence-electron chi connectivity index (χ0n) is 15.0. The van der Waals surface area contributed by atoms with E-state index in [2.05, 4.69) is 46.9 Å². The highest BCUT2D eigenvalue weighted by atomic mass is 32.1. The Kier molecular flexibility index (Phi) is 7.94. The zero-order chi connectivity index (χ0) is 18.1. The van der Waals surface area contributed by atoms with Gasteiger partial charge in [-0.2, -0.15) is 0 Å². The number of hydrogen-bond donors (Lipinski definition) is 3. The number of aliphatic imine (C=N–C) groups is 1. The van der Waals surface area contributed by atoms with Crippen molar-refractivity contribution in [1.82, 2.24) is 16.0 Å². The standard InChI is InChI=1S/C18H26N4OS2/c1-13(12-15-8-7-14(2)25-15)22-18(19-3)21-10-5-9-20-17(23)16-6-4-11-24-16/h4,6-8,11,13H,5,9-10,12H2,1-3H3,(H,20,23)(H2,19,21,22). The van der Waals surface area contributed by atoms with Gasteiger partial charge in [-0.25, -0.2) is 0 Å². The molecular formula is C18H26N4OS2. The zero-order valence-corrected chi connectivity index (χ0v) is 16.6. The van der Waals surface area contributed by atoms with Crippen molar-refractivity contribution < 1.29 is 4.79 Å². The predicted octanol–water partition coefficient (Wildman–Crippen LogP) is 3.03. The van der Waals surface area contributed by atoms with Gasteiger partial charge in [0.15, 0.2) is 5.96 Å². The second-order valence-corrected chi connectivity index (χ2v) is 8.17. The van der Waals surface area contributed by atoms with Crippen molar-refractivity contribution in [3.05, 3.63) is 44.3 Å². The molecule has 1 amide bonds. The fourth-order valence-corrected chi connectivity index (χ4v) is 4.03. The summed E-state index contributed by atoms with van der Waals surface area (Å²) in [5, 5.41) is 11.5. The maximum Gasteiger partial charge on any atom is 0.261 e. The molecule has 2 aromatic rings. The third-order valence-electron chi connectivity index (χ3n) is 3.59. The minimum atomic E-state index is -0.00243. The van der Waals surface area contributed by atoms with E-state index >= 15 is 0 Å². The maximum atomic E-state index is 11.8. The highest BCUT2D eigenvalue weighted by Crippen LogP contribution is 2.16. The quantitative estimate of drug-likeness (QED) is 0.376. The van der Waals surface area contributed by atoms with Crippen molar-refractivity contribution in [1.29, 1.82) is 0 Å². The van der Waals surface area contributed by atoms with E-state index in [1.165, 1.54) is 21.1 Å². The first-order valence-electron chi connectivity index (χ1n) is 8.42. The Labute approximate surface area is 157 Å². The number of nitrogens with one attached hydrogen (secondary N) is 3. The molecular weight excluding hydrogens is 352 g/mol. The lowest BCUT2D eigenvalue weighted by Crippen LogP contribution is -2.43. The average molecular weight is 379 g/mol. The van der Waals surface area contributed by atoms with Crippen LogP contribution in [-0.2, 0) is 6.42 Å². The number of rotatable bonds is 8. The molecule has 0 fully saturated rings. The van der Waals surface area contributed by atoms with Crippen LogP contribution in [0, 0.1) is 6.92 Å². The summed E-state index contributed by atoms with van der Waals surface area (Å²) in [4.78, 5) is 19.6. The van der Waals surface area contributed by atoms with Crippen molar-refractivity contribution in [2.45, 2.75) is 32.7 Å². The molecule has 1 atom stereocenters. The molecule has 25 heavy (non-hydrogen) atoms. The third-order valence-corrected chi connectivity index (χ3v) is 5.48. The summed E-state index contributed by atoms with van der Waals surface area (Å²) in [6.07, 6.45) is 1.83. The van der Waals surface area contributed by atoms with Gasteiger partial charge in [-0.15, -0.1) is 22.7 Å². The Hall–Kier alpha value is -1.86. The highest BCUT2D eigenvalue weighted by molar-refractivity contribution is 7.12. The SMILES string of the molecule is CN=C(NCCCNC(=O)c1cccs1)NC(C)Cc1ccc(C)s1. The van der Waals surface area contributed by atoms with Gasteiger partial charge in [0, 0.05) is 42.4 Å². The van der Waals surface area contributed by atoms with Crippen LogP contribution in [0.5, 0.6) is 0 Å². The normalized spacial score (nSPS) is 12.7. The van der Waals surface area contributed by atoms with Gasteiger partial charge in [0.05, 0.1) is 4.88 Å². The first-order chi connectivity index (χ1) is 12.1. The van der Waals surface area contributed by atoms with Crippen LogP contribution in [-0.4, -0.2) is 38.0 Å². The van der Waals surface area contributed by atoms with Crippen LogP contribution in [0.25, 0.3) is 0 Å². The van der Waals surface area contributed by atoms with Crippen LogP contribution in [0.15, 0.2) is 34.6 Å². The number of nitrogens with zero attached hydrogens (tertiary/aromatic N) is 1. The molecule has 0 saturated carbocycles. The van der Waals surface area contributed by atoms with E-state index in [0.717, 1.165) is 30.2 Å². The molecule has 136 valence electrons. The Balaban J connectivity index is 1.62. The molecule has 7 heteroatoms. The summed E-state index contributed by atoms with van der Waals surface area (Å²) < 4.78 is 0. The summed E-state index contributed by atoms with van der Waals surface area (Å²) in [5.41, 5.74) is 0. The number of thiophene rings is 2. The lowest BCUT2D eigenvalue weighted by molar-refractivity contribution is 0.0957. The summed E-state index contributed by atoms with van der Waals surface area (Å²) in [6.45, 7) is 5.69. The number of guanidine groups is 1. The fraction of sp³-hybridized carbons (Fsp3) is 0.444. The molecule has 0 radical (unpaired) electrons. The van der Waals surface area contributed by atoms with E-state index in [9.17, 15) is 4.79 Å². The molecule has 0 spiro atoms. The van der Waals surface area contributed by atoms with Gasteiger partial charge in [0.1, 0.15) is 0 Å². The van der Waals surface area contributed by atoms with E-state index < -0.39 is 0 Å². The summed E-state index contributed by atoms with van der Waals surface area (Å²) in [7, 11) is 1.77. The molecule has 1 unspecified atom stereocenters. The topological polar surface area (TPSA) is 65.5 Å². The molecule has 0 bridgehead atoms. The molecule has 5 nitrogen and oxygen atoms in total. The monoisotopic (exact) mass is 378 g/mol. The van der Waals surface area contributed by atoms with Crippen LogP contribution >= 0.6 is 22.7 Å². The van der Waals surface area contributed by atoms with Crippen molar-refractivity contribution in [3.8, 4) is 0 Å². The molecule has 0 saturated heterocycles. The van der Waals surface area contributed by atoms with Gasteiger partial charge in [0.2, 0.25) is 0 Å². The van der Waals surface area contributed by atoms with Crippen molar-refractivity contribution in [2.75, 3.05) is 20.1 Å². The third kappa shape index (κ3) is 6.88. The molecule has 0 aliphatic rings. The molecule has 0 aliphatic carbocycles. The molecule has 0 aromatic carbocycles. The Morgan fingerprint density at radius 1 is 1.24 bits per heavy atom. The Morgan fingerprint density at radius 3 is 2.68 bits per heavy atom. The summed E-state index contributed by atoms with van der Waals surface area (Å²) >= 11 is 3.29. The number of aryl methyl sites for hydroxylation is 1.